The van der Waals surface area contributed by atoms with Gasteiger partial charge in [-0.15, -0.1) is 0 Å². The van der Waals surface area contributed by atoms with Crippen LogP contribution in [0.3, 0.4) is 0 Å². The summed E-state index contributed by atoms with van der Waals surface area (Å²) in [5.74, 6) is 0.379. The van der Waals surface area contributed by atoms with E-state index in [2.05, 4.69) is 20.6 Å². The Kier molecular flexibility index (Phi) is 5.87. The largest absolute Gasteiger partial charge is 0.367 e. The van der Waals surface area contributed by atoms with Crippen LogP contribution in [0.5, 0.6) is 0 Å². The summed E-state index contributed by atoms with van der Waals surface area (Å²) >= 11 is 0. The van der Waals surface area contributed by atoms with Gasteiger partial charge in [-0.1, -0.05) is 12.1 Å². The van der Waals surface area contributed by atoms with Crippen molar-refractivity contribution >= 4 is 17.6 Å². The molecule has 2 amide bonds. The monoisotopic (exact) mass is 385 g/mol. The van der Waals surface area contributed by atoms with Crippen molar-refractivity contribution in [3.8, 4) is 11.4 Å². The van der Waals surface area contributed by atoms with Gasteiger partial charge in [0.15, 0.2) is 5.82 Å². The Morgan fingerprint density at radius 3 is 2.75 bits per heavy atom. The number of carbonyl (C=O) groups excluding carboxylic acids is 2. The van der Waals surface area contributed by atoms with Gasteiger partial charge in [0.25, 0.3) is 0 Å². The molecule has 0 saturated carbocycles. The van der Waals surface area contributed by atoms with E-state index in [0.29, 0.717) is 36.7 Å². The Balaban J connectivity index is 1.92. The highest BCUT2D eigenvalue weighted by Crippen LogP contribution is 2.28. The van der Waals surface area contributed by atoms with Gasteiger partial charge < -0.3 is 15.5 Å². The SMILES string of the molecule is CC(=O)NCC(=O)N1CCc2nc(-c3cccc(F)c3)nc(NC(C)C)c2C1. The zero-order valence-corrected chi connectivity index (χ0v) is 16.3. The molecule has 148 valence electrons. The zero-order valence-electron chi connectivity index (χ0n) is 16.3. The lowest BCUT2D eigenvalue weighted by molar-refractivity contribution is -0.133. The number of nitrogens with one attached hydrogen (secondary N) is 2. The van der Waals surface area contributed by atoms with E-state index in [1.54, 1.807) is 17.0 Å². The van der Waals surface area contributed by atoms with Gasteiger partial charge >= 0.3 is 0 Å². The maximum Gasteiger partial charge on any atom is 0.242 e. The molecule has 1 aliphatic rings. The van der Waals surface area contributed by atoms with Crippen LogP contribution in [-0.4, -0.2) is 45.8 Å². The summed E-state index contributed by atoms with van der Waals surface area (Å²) in [6.45, 7) is 6.22. The Bertz CT molecular complexity index is 900. The highest BCUT2D eigenvalue weighted by molar-refractivity contribution is 5.84. The van der Waals surface area contributed by atoms with Crippen LogP contribution in [0, 0.1) is 5.82 Å². The molecule has 0 fully saturated rings. The number of anilines is 1. The number of nitrogens with zero attached hydrogens (tertiary/aromatic N) is 3. The lowest BCUT2D eigenvalue weighted by Crippen LogP contribution is -2.42. The average Bonchev–Trinajstić information content (AvgIpc) is 2.65. The van der Waals surface area contributed by atoms with E-state index in [1.807, 2.05) is 13.8 Å². The molecule has 28 heavy (non-hydrogen) atoms. The number of aromatic nitrogens is 2. The van der Waals surface area contributed by atoms with E-state index in [0.717, 1.165) is 11.3 Å². The average molecular weight is 385 g/mol. The van der Waals surface area contributed by atoms with Gasteiger partial charge in [-0.25, -0.2) is 14.4 Å². The predicted molar refractivity (Wildman–Crippen MR) is 104 cm³/mol. The number of fused-ring (bicyclic) bond motifs is 1. The first-order valence-corrected chi connectivity index (χ1v) is 9.28. The summed E-state index contributed by atoms with van der Waals surface area (Å²) in [6, 6.07) is 6.33. The van der Waals surface area contributed by atoms with Crippen molar-refractivity contribution in [2.45, 2.75) is 39.8 Å². The second-order valence-corrected chi connectivity index (χ2v) is 7.11. The van der Waals surface area contributed by atoms with Crippen LogP contribution >= 0.6 is 0 Å². The number of amides is 2. The van der Waals surface area contributed by atoms with Gasteiger partial charge in [-0.05, 0) is 26.0 Å². The van der Waals surface area contributed by atoms with Gasteiger partial charge in [0.05, 0.1) is 18.8 Å². The van der Waals surface area contributed by atoms with Crippen molar-refractivity contribution in [2.24, 2.45) is 0 Å². The van der Waals surface area contributed by atoms with Crippen molar-refractivity contribution in [2.75, 3.05) is 18.4 Å². The van der Waals surface area contributed by atoms with Crippen LogP contribution in [0.15, 0.2) is 24.3 Å². The van der Waals surface area contributed by atoms with E-state index in [4.69, 9.17) is 0 Å². The lowest BCUT2D eigenvalue weighted by atomic mass is 10.0. The summed E-state index contributed by atoms with van der Waals surface area (Å²) in [4.78, 5) is 34.4. The molecule has 0 spiro atoms. The van der Waals surface area contributed by atoms with Crippen LogP contribution in [-0.2, 0) is 22.6 Å². The maximum atomic E-state index is 13.6. The second-order valence-electron chi connectivity index (χ2n) is 7.11. The van der Waals surface area contributed by atoms with Crippen LogP contribution in [0.2, 0.25) is 0 Å². The molecule has 7 nitrogen and oxygen atoms in total. The maximum absolute atomic E-state index is 13.6. The number of hydrogen-bond acceptors (Lipinski definition) is 5. The first-order chi connectivity index (χ1) is 13.3. The van der Waals surface area contributed by atoms with E-state index >= 15 is 0 Å². The molecule has 0 atom stereocenters. The normalized spacial score (nSPS) is 13.2. The van der Waals surface area contributed by atoms with Crippen molar-refractivity contribution in [1.82, 2.24) is 20.2 Å². The number of rotatable bonds is 5. The predicted octanol–water partition coefficient (Wildman–Crippen LogP) is 2.12. The van der Waals surface area contributed by atoms with Crippen molar-refractivity contribution < 1.29 is 14.0 Å². The van der Waals surface area contributed by atoms with Crippen molar-refractivity contribution in [3.05, 3.63) is 41.3 Å². The van der Waals surface area contributed by atoms with Crippen LogP contribution in [0.1, 0.15) is 32.0 Å². The number of halogens is 1. The molecule has 2 N–H and O–H groups in total. The van der Waals surface area contributed by atoms with Crippen LogP contribution < -0.4 is 10.6 Å². The van der Waals surface area contributed by atoms with Gasteiger partial charge in [0.2, 0.25) is 11.8 Å². The highest BCUT2D eigenvalue weighted by Gasteiger charge is 2.26. The summed E-state index contributed by atoms with van der Waals surface area (Å²) in [6.07, 6.45) is 0.568. The molecule has 1 aliphatic heterocycles. The molecule has 0 unspecified atom stereocenters. The van der Waals surface area contributed by atoms with Gasteiger partial charge in [-0.2, -0.15) is 0 Å². The fourth-order valence-corrected chi connectivity index (χ4v) is 3.09. The first-order valence-electron chi connectivity index (χ1n) is 9.28. The van der Waals surface area contributed by atoms with Gasteiger partial charge in [0.1, 0.15) is 11.6 Å². The van der Waals surface area contributed by atoms with Gasteiger partial charge in [0, 0.05) is 37.1 Å². The molecular weight excluding hydrogens is 361 g/mol. The summed E-state index contributed by atoms with van der Waals surface area (Å²) in [5, 5.41) is 5.85. The highest BCUT2D eigenvalue weighted by atomic mass is 19.1. The third-order valence-electron chi connectivity index (χ3n) is 4.41. The van der Waals surface area contributed by atoms with Crippen LogP contribution in [0.4, 0.5) is 10.2 Å². The molecule has 2 heterocycles. The first kappa shape index (κ1) is 19.7. The molecule has 3 rings (SSSR count). The molecule has 0 aliphatic carbocycles. The van der Waals surface area contributed by atoms with E-state index in [1.165, 1.54) is 19.1 Å². The summed E-state index contributed by atoms with van der Waals surface area (Å²) < 4.78 is 13.6. The fraction of sp³-hybridized carbons (Fsp3) is 0.400. The fourth-order valence-electron chi connectivity index (χ4n) is 3.09. The van der Waals surface area contributed by atoms with Crippen molar-refractivity contribution in [1.29, 1.82) is 0 Å². The molecule has 1 aromatic heterocycles. The molecule has 1 aromatic carbocycles. The molecule has 0 bridgehead atoms. The van der Waals surface area contributed by atoms with Crippen molar-refractivity contribution in [3.63, 3.8) is 0 Å². The second kappa shape index (κ2) is 8.33. The number of benzene rings is 1. The van der Waals surface area contributed by atoms with E-state index in [9.17, 15) is 14.0 Å². The topological polar surface area (TPSA) is 87.2 Å². The Labute approximate surface area is 163 Å². The lowest BCUT2D eigenvalue weighted by Gasteiger charge is -2.30. The summed E-state index contributed by atoms with van der Waals surface area (Å²) in [7, 11) is 0. The quantitative estimate of drug-likeness (QED) is 0.823. The number of hydrogen-bond donors (Lipinski definition) is 2. The molecule has 2 aromatic rings. The minimum Gasteiger partial charge on any atom is -0.367 e. The van der Waals surface area contributed by atoms with E-state index < -0.39 is 0 Å². The van der Waals surface area contributed by atoms with E-state index in [-0.39, 0.29) is 30.2 Å². The van der Waals surface area contributed by atoms with Crippen LogP contribution in [0.25, 0.3) is 11.4 Å². The third kappa shape index (κ3) is 4.62. The van der Waals surface area contributed by atoms with Gasteiger partial charge in [-0.3, -0.25) is 9.59 Å². The molecule has 0 saturated heterocycles. The third-order valence-corrected chi connectivity index (χ3v) is 4.41. The Morgan fingerprint density at radius 1 is 1.29 bits per heavy atom. The minimum absolute atomic E-state index is 0.0279. The smallest absolute Gasteiger partial charge is 0.242 e. The molecule has 8 heteroatoms. The summed E-state index contributed by atoms with van der Waals surface area (Å²) in [5.41, 5.74) is 2.32. The Hall–Kier alpha value is -3.03. The molecular formula is C20H24FN5O2. The molecule has 0 radical (unpaired) electrons. The number of carbonyl (C=O) groups is 2. The Morgan fingerprint density at radius 2 is 2.07 bits per heavy atom. The standard InChI is InChI=1S/C20H24FN5O2/c1-12(2)23-20-16-11-26(18(28)10-22-13(3)27)8-7-17(16)24-19(25-20)14-5-4-6-15(21)9-14/h4-6,9,12H,7-8,10-11H2,1-3H3,(H,22,27)(H,23,24,25). The zero-order chi connectivity index (χ0) is 20.3. The minimum atomic E-state index is -0.341.